The average molecular weight is 300 g/mol. The summed E-state index contributed by atoms with van der Waals surface area (Å²) in [4.78, 5) is 24.7. The van der Waals surface area contributed by atoms with Crippen molar-refractivity contribution >= 4 is 5.91 Å². The van der Waals surface area contributed by atoms with Crippen molar-refractivity contribution < 1.29 is 4.79 Å². The molecule has 0 radical (unpaired) electrons. The molecule has 116 valence electrons. The van der Waals surface area contributed by atoms with Gasteiger partial charge in [-0.1, -0.05) is 6.07 Å². The van der Waals surface area contributed by atoms with Crippen molar-refractivity contribution in [1.82, 2.24) is 29.5 Å². The molecule has 3 rings (SSSR count). The van der Waals surface area contributed by atoms with Gasteiger partial charge in [-0.15, -0.1) is 0 Å². The quantitative estimate of drug-likeness (QED) is 0.800. The summed E-state index contributed by atoms with van der Waals surface area (Å²) in [6.07, 6.45) is 5.42. The van der Waals surface area contributed by atoms with Gasteiger partial charge in [-0.25, -0.2) is 4.98 Å². The second-order valence-electron chi connectivity index (χ2n) is 5.39. The lowest BCUT2D eigenvalue weighted by Crippen LogP contribution is -2.48. The predicted molar refractivity (Wildman–Crippen MR) is 80.7 cm³/mol. The van der Waals surface area contributed by atoms with Gasteiger partial charge >= 0.3 is 0 Å². The maximum Gasteiger partial charge on any atom is 0.224 e. The van der Waals surface area contributed by atoms with E-state index in [1.54, 1.807) is 11.0 Å². The van der Waals surface area contributed by atoms with E-state index in [-0.39, 0.29) is 5.91 Å². The number of hydrogen-bond acceptors (Lipinski definition) is 5. The number of rotatable bonds is 5. The minimum atomic E-state index is 0.188. The maximum absolute atomic E-state index is 12.2. The first-order valence-corrected chi connectivity index (χ1v) is 7.54. The van der Waals surface area contributed by atoms with Crippen LogP contribution in [0.4, 0.5) is 0 Å². The van der Waals surface area contributed by atoms with Crippen molar-refractivity contribution in [3.8, 4) is 0 Å². The molecule has 2 aromatic heterocycles. The summed E-state index contributed by atoms with van der Waals surface area (Å²) in [5.41, 5.74) is 1.08. The van der Waals surface area contributed by atoms with Crippen LogP contribution in [-0.2, 0) is 17.9 Å². The third kappa shape index (κ3) is 3.88. The SMILES string of the molecule is O=C(CCn1cncn1)N1CCN(Cc2ccccn2)CC1. The molecule has 22 heavy (non-hydrogen) atoms. The first-order chi connectivity index (χ1) is 10.8. The molecule has 0 bridgehead atoms. The fraction of sp³-hybridized carbons (Fsp3) is 0.467. The van der Waals surface area contributed by atoms with E-state index < -0.39 is 0 Å². The molecule has 1 amide bonds. The topological polar surface area (TPSA) is 67.2 Å². The number of pyridine rings is 1. The second kappa shape index (κ2) is 7.13. The molecule has 0 unspecified atom stereocenters. The zero-order valence-corrected chi connectivity index (χ0v) is 12.5. The summed E-state index contributed by atoms with van der Waals surface area (Å²) in [6, 6.07) is 5.97. The van der Waals surface area contributed by atoms with Gasteiger partial charge in [0.25, 0.3) is 0 Å². The van der Waals surface area contributed by atoms with Gasteiger partial charge in [0.2, 0.25) is 5.91 Å². The van der Waals surface area contributed by atoms with Gasteiger partial charge in [0.05, 0.1) is 12.2 Å². The smallest absolute Gasteiger partial charge is 0.224 e. The number of nitrogens with zero attached hydrogens (tertiary/aromatic N) is 6. The fourth-order valence-corrected chi connectivity index (χ4v) is 2.59. The average Bonchev–Trinajstić information content (AvgIpc) is 3.08. The van der Waals surface area contributed by atoms with Crippen molar-refractivity contribution in [3.05, 3.63) is 42.7 Å². The number of hydrogen-bond donors (Lipinski definition) is 0. The van der Waals surface area contributed by atoms with E-state index in [1.165, 1.54) is 6.33 Å². The molecule has 0 saturated carbocycles. The molecule has 1 aliphatic rings. The van der Waals surface area contributed by atoms with Gasteiger partial charge in [-0.05, 0) is 12.1 Å². The molecule has 0 aromatic carbocycles. The maximum atomic E-state index is 12.2. The molecule has 0 spiro atoms. The predicted octanol–water partition coefficient (Wildman–Crippen LogP) is 0.408. The van der Waals surface area contributed by atoms with Crippen LogP contribution in [0.2, 0.25) is 0 Å². The Hall–Kier alpha value is -2.28. The molecule has 0 aliphatic carbocycles. The molecule has 1 aliphatic heterocycles. The molecular weight excluding hydrogens is 280 g/mol. The van der Waals surface area contributed by atoms with Crippen LogP contribution in [0.15, 0.2) is 37.1 Å². The van der Waals surface area contributed by atoms with Crippen LogP contribution in [-0.4, -0.2) is 61.6 Å². The lowest BCUT2D eigenvalue weighted by Gasteiger charge is -2.34. The Labute approximate surface area is 129 Å². The first-order valence-electron chi connectivity index (χ1n) is 7.54. The van der Waals surface area contributed by atoms with E-state index in [1.807, 2.05) is 29.3 Å². The Balaban J connectivity index is 1.42. The summed E-state index contributed by atoms with van der Waals surface area (Å²) >= 11 is 0. The lowest BCUT2D eigenvalue weighted by atomic mass is 10.2. The van der Waals surface area contributed by atoms with Crippen LogP contribution < -0.4 is 0 Å². The zero-order chi connectivity index (χ0) is 15.2. The van der Waals surface area contributed by atoms with Gasteiger partial charge in [0, 0.05) is 45.3 Å². The highest BCUT2D eigenvalue weighted by Crippen LogP contribution is 2.08. The van der Waals surface area contributed by atoms with Gasteiger partial charge < -0.3 is 4.90 Å². The molecule has 7 nitrogen and oxygen atoms in total. The van der Waals surface area contributed by atoms with Crippen LogP contribution in [0.25, 0.3) is 0 Å². The highest BCUT2D eigenvalue weighted by atomic mass is 16.2. The number of carbonyl (C=O) groups excluding carboxylic acids is 1. The highest BCUT2D eigenvalue weighted by molar-refractivity contribution is 5.76. The van der Waals surface area contributed by atoms with Crippen LogP contribution in [0, 0.1) is 0 Å². The molecule has 0 atom stereocenters. The summed E-state index contributed by atoms with van der Waals surface area (Å²) in [6.45, 7) is 4.79. The van der Waals surface area contributed by atoms with E-state index in [2.05, 4.69) is 20.0 Å². The molecule has 1 fully saturated rings. The molecule has 0 N–H and O–H groups in total. The monoisotopic (exact) mass is 300 g/mol. The van der Waals surface area contributed by atoms with Gasteiger partial charge in [0.1, 0.15) is 12.7 Å². The second-order valence-corrected chi connectivity index (χ2v) is 5.39. The van der Waals surface area contributed by atoms with Crippen molar-refractivity contribution in [1.29, 1.82) is 0 Å². The Bertz CT molecular complexity index is 577. The van der Waals surface area contributed by atoms with Gasteiger partial charge in [-0.2, -0.15) is 5.10 Å². The normalized spacial score (nSPS) is 15.9. The summed E-state index contributed by atoms with van der Waals surface area (Å²) in [5.74, 6) is 0.188. The Kier molecular flexibility index (Phi) is 4.75. The minimum Gasteiger partial charge on any atom is -0.340 e. The van der Waals surface area contributed by atoms with Crippen LogP contribution >= 0.6 is 0 Å². The molecule has 1 saturated heterocycles. The third-order valence-electron chi connectivity index (χ3n) is 3.86. The number of aryl methyl sites for hydroxylation is 1. The summed E-state index contributed by atoms with van der Waals surface area (Å²) < 4.78 is 1.69. The Morgan fingerprint density at radius 2 is 2.05 bits per heavy atom. The first kappa shape index (κ1) is 14.6. The molecular formula is C15H20N6O. The summed E-state index contributed by atoms with van der Waals surface area (Å²) in [7, 11) is 0. The van der Waals surface area contributed by atoms with Crippen molar-refractivity contribution in [3.63, 3.8) is 0 Å². The number of amides is 1. The van der Waals surface area contributed by atoms with Crippen LogP contribution in [0.3, 0.4) is 0 Å². The van der Waals surface area contributed by atoms with Crippen molar-refractivity contribution in [2.45, 2.75) is 19.5 Å². The molecule has 7 heteroatoms. The summed E-state index contributed by atoms with van der Waals surface area (Å²) in [5, 5.41) is 4.01. The molecule has 3 heterocycles. The van der Waals surface area contributed by atoms with Crippen LogP contribution in [0.5, 0.6) is 0 Å². The van der Waals surface area contributed by atoms with E-state index in [9.17, 15) is 4.79 Å². The third-order valence-corrected chi connectivity index (χ3v) is 3.86. The van der Waals surface area contributed by atoms with Gasteiger partial charge in [0.15, 0.2) is 0 Å². The highest BCUT2D eigenvalue weighted by Gasteiger charge is 2.21. The fourth-order valence-electron chi connectivity index (χ4n) is 2.59. The van der Waals surface area contributed by atoms with E-state index in [0.29, 0.717) is 13.0 Å². The molecule has 2 aromatic rings. The Morgan fingerprint density at radius 3 is 2.73 bits per heavy atom. The standard InChI is InChI=1S/C15H20N6O/c22-15(4-6-21-13-16-12-18-21)20-9-7-19(8-10-20)11-14-3-1-2-5-17-14/h1-3,5,12-13H,4,6-11H2. The number of carbonyl (C=O) groups is 1. The number of piperazine rings is 1. The van der Waals surface area contributed by atoms with E-state index in [4.69, 9.17) is 0 Å². The van der Waals surface area contributed by atoms with E-state index >= 15 is 0 Å². The van der Waals surface area contributed by atoms with Crippen molar-refractivity contribution in [2.24, 2.45) is 0 Å². The Morgan fingerprint density at radius 1 is 1.18 bits per heavy atom. The number of aromatic nitrogens is 4. The minimum absolute atomic E-state index is 0.188. The lowest BCUT2D eigenvalue weighted by molar-refractivity contribution is -0.133. The van der Waals surface area contributed by atoms with Crippen molar-refractivity contribution in [2.75, 3.05) is 26.2 Å². The zero-order valence-electron chi connectivity index (χ0n) is 12.5. The van der Waals surface area contributed by atoms with Crippen LogP contribution in [0.1, 0.15) is 12.1 Å². The van der Waals surface area contributed by atoms with Gasteiger partial charge in [-0.3, -0.25) is 19.4 Å². The largest absolute Gasteiger partial charge is 0.340 e. The van der Waals surface area contributed by atoms with E-state index in [0.717, 1.165) is 38.4 Å².